The molecule has 0 unspecified atom stereocenters. The fraction of sp³-hybridized carbons (Fsp3) is 0.500. The van der Waals surface area contributed by atoms with Crippen LogP contribution in [-0.2, 0) is 0 Å². The molecular weight excluding hydrogens is 413 g/mol. The first-order valence-electron chi connectivity index (χ1n) is 8.21. The molecule has 0 radical (unpaired) electrons. The molecule has 1 saturated carbocycles. The number of benzene rings is 1. The van der Waals surface area contributed by atoms with Crippen molar-refractivity contribution in [3.8, 4) is 0 Å². The molecule has 25 heavy (non-hydrogen) atoms. The van der Waals surface area contributed by atoms with Crippen molar-refractivity contribution in [1.82, 2.24) is 4.57 Å². The lowest BCUT2D eigenvalue weighted by molar-refractivity contribution is 0.226. The zero-order chi connectivity index (χ0) is 18.4. The molecule has 1 fully saturated rings. The molecule has 3 rings (SSSR count). The number of alkyl halides is 2. The van der Waals surface area contributed by atoms with Gasteiger partial charge in [-0.3, -0.25) is 0 Å². The van der Waals surface area contributed by atoms with Gasteiger partial charge in [-0.1, -0.05) is 0 Å². The van der Waals surface area contributed by atoms with Crippen molar-refractivity contribution >= 4 is 44.5 Å². The van der Waals surface area contributed by atoms with Crippen LogP contribution in [0.3, 0.4) is 0 Å². The van der Waals surface area contributed by atoms with E-state index in [0.29, 0.717) is 15.4 Å². The Morgan fingerprint density at radius 2 is 2.00 bits per heavy atom. The standard InChI is InChI=1S/C18H20BrF3N2S/c1-18(2,3)25-23-16(17(21)22)12-9-24(10-5-4-6-10)15-8-13(19)14(20)7-11(12)15/h7-10,17H,4-6H2,1-3H3/b23-16+. The number of hydrogen-bond acceptors (Lipinski definition) is 2. The summed E-state index contributed by atoms with van der Waals surface area (Å²) in [4.78, 5) is 0. The first kappa shape index (κ1) is 18.8. The van der Waals surface area contributed by atoms with Gasteiger partial charge in [-0.05, 0) is 80.0 Å². The van der Waals surface area contributed by atoms with Crippen molar-refractivity contribution in [2.75, 3.05) is 0 Å². The zero-order valence-corrected chi connectivity index (χ0v) is 16.7. The summed E-state index contributed by atoms with van der Waals surface area (Å²) < 4.78 is 47.7. The van der Waals surface area contributed by atoms with Gasteiger partial charge in [0.05, 0.1) is 9.99 Å². The Hall–Kier alpha value is -0.950. The van der Waals surface area contributed by atoms with Crippen LogP contribution in [0.4, 0.5) is 13.2 Å². The fourth-order valence-corrected chi connectivity index (χ4v) is 3.69. The number of nitrogens with zero attached hydrogens (tertiary/aromatic N) is 2. The minimum Gasteiger partial charge on any atom is -0.344 e. The van der Waals surface area contributed by atoms with Gasteiger partial charge in [0.2, 0.25) is 0 Å². The Morgan fingerprint density at radius 1 is 1.32 bits per heavy atom. The van der Waals surface area contributed by atoms with Gasteiger partial charge in [0.1, 0.15) is 11.5 Å². The van der Waals surface area contributed by atoms with Crippen molar-refractivity contribution < 1.29 is 13.2 Å². The van der Waals surface area contributed by atoms with Crippen LogP contribution in [0.1, 0.15) is 51.6 Å². The predicted molar refractivity (Wildman–Crippen MR) is 102 cm³/mol. The summed E-state index contributed by atoms with van der Waals surface area (Å²) in [6.45, 7) is 5.75. The Balaban J connectivity index is 2.18. The molecule has 0 spiro atoms. The number of aromatic nitrogens is 1. The van der Waals surface area contributed by atoms with Gasteiger partial charge in [-0.2, -0.15) is 0 Å². The van der Waals surface area contributed by atoms with E-state index in [4.69, 9.17) is 0 Å². The van der Waals surface area contributed by atoms with E-state index in [2.05, 4.69) is 20.3 Å². The molecule has 2 nitrogen and oxygen atoms in total. The average Bonchev–Trinajstić information content (AvgIpc) is 2.75. The number of hydrogen-bond donors (Lipinski definition) is 0. The molecule has 1 aliphatic rings. The third-order valence-corrected chi connectivity index (χ3v) is 5.69. The van der Waals surface area contributed by atoms with Crippen LogP contribution in [0.5, 0.6) is 0 Å². The minimum absolute atomic E-state index is 0.277. The monoisotopic (exact) mass is 432 g/mol. The Bertz CT molecular complexity index is 820. The summed E-state index contributed by atoms with van der Waals surface area (Å²) in [7, 11) is 0. The molecule has 1 aromatic carbocycles. The lowest BCUT2D eigenvalue weighted by Gasteiger charge is -2.28. The predicted octanol–water partition coefficient (Wildman–Crippen LogP) is 6.77. The summed E-state index contributed by atoms with van der Waals surface area (Å²) in [5.74, 6) is -0.461. The highest BCUT2D eigenvalue weighted by Gasteiger charge is 2.27. The third-order valence-electron chi connectivity index (χ3n) is 4.24. The second-order valence-corrected chi connectivity index (χ2v) is 9.74. The zero-order valence-electron chi connectivity index (χ0n) is 14.3. The first-order valence-corrected chi connectivity index (χ1v) is 9.78. The van der Waals surface area contributed by atoms with E-state index in [-0.39, 0.29) is 16.5 Å². The quantitative estimate of drug-likeness (QED) is 0.384. The Kier molecular flexibility index (Phi) is 5.26. The molecule has 0 amide bonds. The van der Waals surface area contributed by atoms with Crippen LogP contribution >= 0.6 is 27.9 Å². The maximum Gasteiger partial charge on any atom is 0.281 e. The maximum atomic E-state index is 14.1. The molecule has 1 aliphatic carbocycles. The van der Waals surface area contributed by atoms with Gasteiger partial charge in [0, 0.05) is 27.9 Å². The molecule has 1 heterocycles. The number of halogens is 4. The highest BCUT2D eigenvalue weighted by atomic mass is 79.9. The first-order chi connectivity index (χ1) is 11.7. The second kappa shape index (κ2) is 6.99. The van der Waals surface area contributed by atoms with Crippen molar-refractivity contribution in [2.24, 2.45) is 4.40 Å². The summed E-state index contributed by atoms with van der Waals surface area (Å²) in [5, 5.41) is 0.487. The second-order valence-electron chi connectivity index (χ2n) is 7.30. The summed E-state index contributed by atoms with van der Waals surface area (Å²) in [6.07, 6.45) is 2.14. The van der Waals surface area contributed by atoms with E-state index in [0.717, 1.165) is 36.7 Å². The van der Waals surface area contributed by atoms with E-state index >= 15 is 0 Å². The van der Waals surface area contributed by atoms with Crippen LogP contribution in [0.2, 0.25) is 0 Å². The van der Waals surface area contributed by atoms with E-state index in [1.165, 1.54) is 6.07 Å². The van der Waals surface area contributed by atoms with E-state index < -0.39 is 12.2 Å². The molecule has 0 N–H and O–H groups in total. The Labute approximate surface area is 158 Å². The smallest absolute Gasteiger partial charge is 0.281 e. The van der Waals surface area contributed by atoms with Crippen LogP contribution in [0, 0.1) is 5.82 Å². The SMILES string of the molecule is CC(C)(C)S/N=C(\c1cn(C2CCC2)c2cc(Br)c(F)cc12)C(F)F. The van der Waals surface area contributed by atoms with Gasteiger partial charge in [-0.25, -0.2) is 17.6 Å². The van der Waals surface area contributed by atoms with Crippen molar-refractivity contribution in [1.29, 1.82) is 0 Å². The lowest BCUT2D eigenvalue weighted by atomic mass is 9.93. The highest BCUT2D eigenvalue weighted by Crippen LogP contribution is 2.38. The molecule has 0 bridgehead atoms. The van der Waals surface area contributed by atoms with Crippen molar-refractivity contribution in [2.45, 2.75) is 57.2 Å². The topological polar surface area (TPSA) is 17.3 Å². The van der Waals surface area contributed by atoms with E-state index in [1.54, 1.807) is 12.3 Å². The molecule has 2 aromatic rings. The number of rotatable bonds is 4. The van der Waals surface area contributed by atoms with Gasteiger partial charge in [0.25, 0.3) is 6.43 Å². The van der Waals surface area contributed by atoms with Crippen LogP contribution in [0.15, 0.2) is 27.2 Å². The van der Waals surface area contributed by atoms with Gasteiger partial charge >= 0.3 is 0 Å². The van der Waals surface area contributed by atoms with E-state index in [1.807, 2.05) is 25.3 Å². The molecular formula is C18H20BrF3N2S. The molecule has 0 aliphatic heterocycles. The van der Waals surface area contributed by atoms with Gasteiger partial charge in [-0.15, -0.1) is 0 Å². The largest absolute Gasteiger partial charge is 0.344 e. The van der Waals surface area contributed by atoms with E-state index in [9.17, 15) is 13.2 Å². The van der Waals surface area contributed by atoms with Gasteiger partial charge in [0.15, 0.2) is 0 Å². The van der Waals surface area contributed by atoms with Crippen LogP contribution in [0.25, 0.3) is 10.9 Å². The molecule has 0 saturated heterocycles. The fourth-order valence-electron chi connectivity index (χ4n) is 2.81. The van der Waals surface area contributed by atoms with Crippen molar-refractivity contribution in [3.05, 3.63) is 34.2 Å². The van der Waals surface area contributed by atoms with Crippen LogP contribution < -0.4 is 0 Å². The Morgan fingerprint density at radius 3 is 2.52 bits per heavy atom. The molecule has 0 atom stereocenters. The normalized spacial score (nSPS) is 16.7. The molecule has 1 aromatic heterocycles. The van der Waals surface area contributed by atoms with Crippen molar-refractivity contribution in [3.63, 3.8) is 0 Å². The summed E-state index contributed by atoms with van der Waals surface area (Å²) in [6, 6.07) is 3.28. The highest BCUT2D eigenvalue weighted by molar-refractivity contribution is 9.10. The average molecular weight is 433 g/mol. The third kappa shape index (κ3) is 3.92. The molecule has 7 heteroatoms. The maximum absolute atomic E-state index is 14.1. The molecule has 136 valence electrons. The van der Waals surface area contributed by atoms with Gasteiger partial charge < -0.3 is 4.57 Å². The summed E-state index contributed by atoms with van der Waals surface area (Å²) >= 11 is 4.31. The summed E-state index contributed by atoms with van der Waals surface area (Å²) in [5.41, 5.74) is 0.798. The minimum atomic E-state index is -2.72. The number of fused-ring (bicyclic) bond motifs is 1. The lowest BCUT2D eigenvalue weighted by Crippen LogP contribution is -2.16. The van der Waals surface area contributed by atoms with Crippen LogP contribution in [-0.4, -0.2) is 21.5 Å².